The molecule has 0 aliphatic carbocycles. The zero-order valence-electron chi connectivity index (χ0n) is 14.1. The van der Waals surface area contributed by atoms with Gasteiger partial charge in [0.05, 0.1) is 12.7 Å². The van der Waals surface area contributed by atoms with E-state index >= 15 is 0 Å². The van der Waals surface area contributed by atoms with E-state index in [0.717, 1.165) is 25.9 Å². The molecular weight excluding hydrogens is 450 g/mol. The lowest BCUT2D eigenvalue weighted by Gasteiger charge is -2.23. The average Bonchev–Trinajstić information content (AvgIpc) is 3.30. The van der Waals surface area contributed by atoms with Gasteiger partial charge in [-0.3, -0.25) is 4.57 Å². The van der Waals surface area contributed by atoms with Gasteiger partial charge < -0.3 is 9.72 Å². The molecule has 4 aromatic heterocycles. The van der Waals surface area contributed by atoms with Crippen LogP contribution in [-0.4, -0.2) is 46.1 Å². The third kappa shape index (κ3) is 3.99. The van der Waals surface area contributed by atoms with Gasteiger partial charge in [-0.25, -0.2) is 19.9 Å². The van der Waals surface area contributed by atoms with Crippen LogP contribution in [0.1, 0.15) is 25.5 Å². The number of halogens is 4. The molecule has 146 valence electrons. The minimum atomic E-state index is -0.0317. The zero-order chi connectivity index (χ0) is 19.7. The Hall–Kier alpha value is -1.78. The van der Waals surface area contributed by atoms with Crippen molar-refractivity contribution in [1.82, 2.24) is 39.5 Å². The molecule has 5 rings (SSSR count). The second-order valence-corrected chi connectivity index (χ2v) is 7.20. The van der Waals surface area contributed by atoms with Gasteiger partial charge in [-0.1, -0.05) is 23.2 Å². The number of hydrogen-bond donors (Lipinski definition) is 1. The Balaban J connectivity index is 0.000000151. The molecule has 0 amide bonds. The molecule has 1 fully saturated rings. The SMILES string of the molecule is Clc1nc(Cl)c2nc[nH]c2n1.Clc1nc(Cl)c2ncn(C3CCCCO3)c2n1. The number of fused-ring (bicyclic) bond motifs is 2. The molecule has 0 aromatic carbocycles. The fourth-order valence-electron chi connectivity index (χ4n) is 2.79. The van der Waals surface area contributed by atoms with E-state index in [-0.39, 0.29) is 27.1 Å². The molecule has 13 heteroatoms. The third-order valence-electron chi connectivity index (χ3n) is 4.03. The van der Waals surface area contributed by atoms with Gasteiger partial charge >= 0.3 is 0 Å². The lowest BCUT2D eigenvalue weighted by molar-refractivity contribution is -0.0298. The third-order valence-corrected chi connectivity index (χ3v) is 4.89. The molecule has 9 nitrogen and oxygen atoms in total. The van der Waals surface area contributed by atoms with Gasteiger partial charge in [-0.05, 0) is 42.5 Å². The normalized spacial score (nSPS) is 16.9. The Kier molecular flexibility index (Phi) is 5.79. The molecule has 1 unspecified atom stereocenters. The van der Waals surface area contributed by atoms with Gasteiger partial charge in [-0.15, -0.1) is 0 Å². The second kappa shape index (κ2) is 8.30. The maximum absolute atomic E-state index is 5.96. The van der Waals surface area contributed by atoms with E-state index < -0.39 is 0 Å². The monoisotopic (exact) mass is 460 g/mol. The van der Waals surface area contributed by atoms with Gasteiger partial charge in [0.15, 0.2) is 21.6 Å². The van der Waals surface area contributed by atoms with Crippen molar-refractivity contribution in [3.63, 3.8) is 0 Å². The number of imidazole rings is 2. The van der Waals surface area contributed by atoms with Crippen LogP contribution in [0.2, 0.25) is 20.9 Å². The molecule has 0 radical (unpaired) electrons. The Morgan fingerprint density at radius 1 is 0.929 bits per heavy atom. The van der Waals surface area contributed by atoms with Crippen molar-refractivity contribution >= 4 is 68.7 Å². The molecule has 4 aromatic rings. The minimum Gasteiger partial charge on any atom is -0.358 e. The number of nitrogens with zero attached hydrogens (tertiary/aromatic N) is 7. The van der Waals surface area contributed by atoms with Crippen molar-refractivity contribution in [3.05, 3.63) is 33.5 Å². The van der Waals surface area contributed by atoms with Crippen molar-refractivity contribution in [2.45, 2.75) is 25.5 Å². The number of H-pyrrole nitrogens is 1. The number of aromatic nitrogens is 8. The quantitative estimate of drug-likeness (QED) is 0.328. The minimum absolute atomic E-state index is 0.0317. The van der Waals surface area contributed by atoms with E-state index in [4.69, 9.17) is 51.1 Å². The number of ether oxygens (including phenoxy) is 1. The summed E-state index contributed by atoms with van der Waals surface area (Å²) in [5.41, 5.74) is 2.28. The van der Waals surface area contributed by atoms with Crippen molar-refractivity contribution in [1.29, 1.82) is 0 Å². The van der Waals surface area contributed by atoms with Crippen LogP contribution in [0.5, 0.6) is 0 Å². The van der Waals surface area contributed by atoms with Gasteiger partial charge in [0.2, 0.25) is 10.6 Å². The van der Waals surface area contributed by atoms with Gasteiger partial charge in [0.1, 0.15) is 17.3 Å². The predicted molar refractivity (Wildman–Crippen MR) is 106 cm³/mol. The van der Waals surface area contributed by atoms with Crippen LogP contribution < -0.4 is 0 Å². The van der Waals surface area contributed by atoms with Gasteiger partial charge in [-0.2, -0.15) is 9.97 Å². The summed E-state index contributed by atoms with van der Waals surface area (Å²) >= 11 is 23.0. The Labute approximate surface area is 178 Å². The van der Waals surface area contributed by atoms with E-state index in [1.165, 1.54) is 6.33 Å². The number of hydrogen-bond acceptors (Lipinski definition) is 7. The first kappa shape index (κ1) is 19.5. The van der Waals surface area contributed by atoms with E-state index in [0.29, 0.717) is 22.3 Å². The number of nitrogens with one attached hydrogen (secondary N) is 1. The van der Waals surface area contributed by atoms with Gasteiger partial charge in [0, 0.05) is 6.61 Å². The first-order valence-electron chi connectivity index (χ1n) is 8.22. The van der Waals surface area contributed by atoms with Crippen molar-refractivity contribution < 1.29 is 4.74 Å². The maximum Gasteiger partial charge on any atom is 0.225 e. The average molecular weight is 462 g/mol. The lowest BCUT2D eigenvalue weighted by atomic mass is 10.2. The Bertz CT molecular complexity index is 1120. The summed E-state index contributed by atoms with van der Waals surface area (Å²) in [5.74, 6) is 0. The molecule has 5 heterocycles. The van der Waals surface area contributed by atoms with E-state index in [1.54, 1.807) is 6.33 Å². The molecule has 1 aliphatic rings. The molecule has 1 aliphatic heterocycles. The predicted octanol–water partition coefficient (Wildman–Crippen LogP) is 4.49. The Morgan fingerprint density at radius 2 is 1.68 bits per heavy atom. The molecule has 0 spiro atoms. The first-order chi connectivity index (χ1) is 13.5. The molecule has 1 N–H and O–H groups in total. The zero-order valence-corrected chi connectivity index (χ0v) is 17.1. The summed E-state index contributed by atoms with van der Waals surface area (Å²) in [7, 11) is 0. The molecule has 0 bridgehead atoms. The smallest absolute Gasteiger partial charge is 0.225 e. The van der Waals surface area contributed by atoms with E-state index in [9.17, 15) is 0 Å². The van der Waals surface area contributed by atoms with Crippen molar-refractivity contribution in [2.24, 2.45) is 0 Å². The lowest BCUT2D eigenvalue weighted by Crippen LogP contribution is -2.17. The van der Waals surface area contributed by atoms with Crippen LogP contribution in [0, 0.1) is 0 Å². The fourth-order valence-corrected chi connectivity index (χ4v) is 3.64. The summed E-state index contributed by atoms with van der Waals surface area (Å²) in [6.45, 7) is 0.761. The molecule has 28 heavy (non-hydrogen) atoms. The van der Waals surface area contributed by atoms with Gasteiger partial charge in [0.25, 0.3) is 0 Å². The molecular formula is C15H12Cl4N8O. The molecule has 1 saturated heterocycles. The number of aromatic amines is 1. The van der Waals surface area contributed by atoms with Crippen LogP contribution in [0.3, 0.4) is 0 Å². The first-order valence-corrected chi connectivity index (χ1v) is 9.73. The van der Waals surface area contributed by atoms with Crippen molar-refractivity contribution in [2.75, 3.05) is 6.61 Å². The maximum atomic E-state index is 5.96. The summed E-state index contributed by atoms with van der Waals surface area (Å²) in [6.07, 6.45) is 6.32. The highest BCUT2D eigenvalue weighted by Gasteiger charge is 2.20. The van der Waals surface area contributed by atoms with Crippen LogP contribution in [0.15, 0.2) is 12.7 Å². The van der Waals surface area contributed by atoms with E-state index in [1.807, 2.05) is 4.57 Å². The highest BCUT2D eigenvalue weighted by Crippen LogP contribution is 2.28. The van der Waals surface area contributed by atoms with Crippen LogP contribution in [0.25, 0.3) is 22.3 Å². The standard InChI is InChI=1S/C10H10Cl2N4O.C5H2Cl2N4/c11-8-7-9(15-10(12)14-8)16(5-13-7)6-3-1-2-4-17-6;6-3-2-4(9-1-8-2)11-5(7)10-3/h5-6H,1-4H2;1H,(H,8,9,10,11). The second-order valence-electron chi connectivity index (χ2n) is 5.81. The number of rotatable bonds is 1. The van der Waals surface area contributed by atoms with Crippen LogP contribution >= 0.6 is 46.4 Å². The summed E-state index contributed by atoms with van der Waals surface area (Å²) in [6, 6.07) is 0. The van der Waals surface area contributed by atoms with Crippen LogP contribution in [-0.2, 0) is 4.74 Å². The summed E-state index contributed by atoms with van der Waals surface area (Å²) in [4.78, 5) is 26.4. The topological polar surface area (TPSA) is 107 Å². The fraction of sp³-hybridized carbons (Fsp3) is 0.333. The Morgan fingerprint density at radius 3 is 2.43 bits per heavy atom. The largest absolute Gasteiger partial charge is 0.358 e. The highest BCUT2D eigenvalue weighted by molar-refractivity contribution is 6.35. The molecule has 0 saturated carbocycles. The summed E-state index contributed by atoms with van der Waals surface area (Å²) in [5, 5.41) is 0.780. The van der Waals surface area contributed by atoms with Crippen LogP contribution in [0.4, 0.5) is 0 Å². The van der Waals surface area contributed by atoms with Crippen molar-refractivity contribution in [3.8, 4) is 0 Å². The highest BCUT2D eigenvalue weighted by atomic mass is 35.5. The molecule has 1 atom stereocenters. The summed E-state index contributed by atoms with van der Waals surface area (Å²) < 4.78 is 7.56. The van der Waals surface area contributed by atoms with E-state index in [2.05, 4.69) is 34.9 Å².